The van der Waals surface area contributed by atoms with E-state index in [0.717, 1.165) is 82.3 Å². The molecule has 0 radical (unpaired) electrons. The van der Waals surface area contributed by atoms with E-state index in [1.54, 1.807) is 0 Å². The van der Waals surface area contributed by atoms with Gasteiger partial charge in [0.25, 0.3) is 0 Å². The zero-order valence-corrected chi connectivity index (χ0v) is 38.3. The van der Waals surface area contributed by atoms with Crippen LogP contribution in [0.3, 0.4) is 0 Å². The van der Waals surface area contributed by atoms with E-state index in [-0.39, 0.29) is 17.7 Å². The average molecular weight is 828 g/mol. The number of hydrogen-bond acceptors (Lipinski definition) is 3. The summed E-state index contributed by atoms with van der Waals surface area (Å²) in [5.74, 6) is 0.434. The fourth-order valence-electron chi connectivity index (χ4n) is 10.2. The Bertz CT molecular complexity index is 2650. The van der Waals surface area contributed by atoms with Crippen molar-refractivity contribution in [3.8, 4) is 0 Å². The average Bonchev–Trinajstić information content (AvgIpc) is 3.99. The molecular formula is C54H62N5OP. The summed E-state index contributed by atoms with van der Waals surface area (Å²) in [4.78, 5) is 34.3. The topological polar surface area (TPSA) is 77.7 Å². The molecule has 61 heavy (non-hydrogen) atoms. The van der Waals surface area contributed by atoms with Gasteiger partial charge in [-0.3, -0.25) is 0 Å². The first kappa shape index (κ1) is 42.1. The number of aromatic nitrogens is 4. The van der Waals surface area contributed by atoms with Crippen LogP contribution >= 0.6 is 7.26 Å². The zero-order valence-electron chi connectivity index (χ0n) is 37.3. The van der Waals surface area contributed by atoms with Gasteiger partial charge in [-0.2, -0.15) is 0 Å². The number of H-pyrrole nitrogens is 2. The molecule has 7 heteroatoms. The van der Waals surface area contributed by atoms with Gasteiger partial charge in [-0.05, 0) is 73.6 Å². The zero-order chi connectivity index (χ0) is 42.8. The molecule has 6 aromatic rings. The molecule has 3 aromatic carbocycles. The molecular weight excluding hydrogens is 766 g/mol. The van der Waals surface area contributed by atoms with Crippen LogP contribution in [0.1, 0.15) is 110 Å². The number of hydrogen-bond donors (Lipinski definition) is 2. The third-order valence-corrected chi connectivity index (χ3v) is 18.9. The Hall–Kier alpha value is -5.58. The molecule has 0 fully saturated rings. The largest absolute Gasteiger partial charge is 0.0612 e. The van der Waals surface area contributed by atoms with E-state index in [4.69, 9.17) is 9.97 Å². The van der Waals surface area contributed by atoms with Crippen LogP contribution in [-0.2, 0) is 11.2 Å². The molecule has 0 saturated heterocycles. The SMILES string of the molecule is CCC1=C(C)c2cc3[nH]c(cc4nc(c(C)c5cc(C)c(cc1n2)[nH]5)[C@@H](CCC(=O)N(C)CCC[PH](c1ccccc1)(c1ccccc1)c1ccccc1)[C@@H]4C)c(C)c3CC. The number of aryl methyl sites for hydroxylation is 4. The van der Waals surface area contributed by atoms with Crippen LogP contribution in [0, 0.1) is 20.8 Å². The minimum Gasteiger partial charge on any atom is -0.0612 e. The third-order valence-electron chi connectivity index (χ3n) is 13.9. The Balaban J connectivity index is 1.10. The number of nitrogens with zero attached hydrogens (tertiary/aromatic N) is 3. The van der Waals surface area contributed by atoms with Gasteiger partial charge in [-0.1, -0.05) is 13.8 Å². The van der Waals surface area contributed by atoms with Crippen LogP contribution in [0.15, 0.2) is 115 Å². The first-order valence-electron chi connectivity index (χ1n) is 22.4. The molecule has 8 bridgehead atoms. The minimum absolute atomic E-state index is 0.102. The fourth-order valence-corrected chi connectivity index (χ4v) is 15.0. The third kappa shape index (κ3) is 8.04. The Labute approximate surface area is 363 Å². The molecule has 0 unspecified atom stereocenters. The molecule has 2 aliphatic rings. The van der Waals surface area contributed by atoms with Crippen molar-refractivity contribution in [2.24, 2.45) is 0 Å². The van der Waals surface area contributed by atoms with Gasteiger partial charge in [0.15, 0.2) is 0 Å². The number of carbonyl (C=O) groups excluding carboxylic acids is 1. The van der Waals surface area contributed by atoms with E-state index in [9.17, 15) is 4.79 Å². The molecule has 0 spiro atoms. The van der Waals surface area contributed by atoms with Crippen LogP contribution in [0.2, 0.25) is 0 Å². The Kier molecular flexibility index (Phi) is 12.3. The summed E-state index contributed by atoms with van der Waals surface area (Å²) in [7, 11) is -0.388. The van der Waals surface area contributed by atoms with Gasteiger partial charge in [0.2, 0.25) is 0 Å². The number of carbonyl (C=O) groups is 1. The summed E-state index contributed by atoms with van der Waals surface area (Å²) in [6.07, 6.45) is 4.97. The molecule has 2 atom stereocenters. The van der Waals surface area contributed by atoms with Crippen LogP contribution < -0.4 is 15.9 Å². The van der Waals surface area contributed by atoms with Crippen molar-refractivity contribution in [1.82, 2.24) is 24.8 Å². The van der Waals surface area contributed by atoms with E-state index in [1.807, 2.05) is 11.9 Å². The van der Waals surface area contributed by atoms with Gasteiger partial charge in [0.05, 0.1) is 11.4 Å². The summed E-state index contributed by atoms with van der Waals surface area (Å²) >= 11 is 0. The number of benzene rings is 3. The van der Waals surface area contributed by atoms with Crippen LogP contribution in [-0.4, -0.2) is 50.5 Å². The van der Waals surface area contributed by atoms with E-state index >= 15 is 0 Å². The fraction of sp³-hybridized carbons (Fsp3) is 0.315. The Morgan fingerprint density at radius 3 is 1.85 bits per heavy atom. The molecule has 5 heterocycles. The first-order chi connectivity index (χ1) is 29.5. The van der Waals surface area contributed by atoms with Crippen molar-refractivity contribution in [2.75, 3.05) is 19.8 Å². The van der Waals surface area contributed by atoms with E-state index < -0.39 is 7.26 Å². The van der Waals surface area contributed by atoms with Gasteiger partial charge < -0.3 is 4.98 Å². The summed E-state index contributed by atoms with van der Waals surface area (Å²) in [6, 6.07) is 42.2. The van der Waals surface area contributed by atoms with E-state index in [1.165, 1.54) is 43.8 Å². The maximum Gasteiger partial charge on any atom is -0.0197 e. The molecule has 1 amide bonds. The maximum atomic E-state index is 14.1. The number of aromatic amines is 2. The first-order valence-corrected chi connectivity index (χ1v) is 24.6. The molecule has 6 nitrogen and oxygen atoms in total. The Morgan fingerprint density at radius 1 is 0.689 bits per heavy atom. The van der Waals surface area contributed by atoms with Crippen LogP contribution in [0.4, 0.5) is 0 Å². The monoisotopic (exact) mass is 827 g/mol. The minimum atomic E-state index is -2.38. The van der Waals surface area contributed by atoms with E-state index in [0.29, 0.717) is 13.0 Å². The van der Waals surface area contributed by atoms with Crippen molar-refractivity contribution < 1.29 is 4.79 Å². The second kappa shape index (κ2) is 17.8. The number of nitrogens with one attached hydrogen (secondary N) is 2. The smallest absolute Gasteiger partial charge is 0.0197 e. The van der Waals surface area contributed by atoms with Gasteiger partial charge in [-0.15, -0.1) is 0 Å². The van der Waals surface area contributed by atoms with Gasteiger partial charge in [0.1, 0.15) is 0 Å². The molecule has 2 N–H and O–H groups in total. The van der Waals surface area contributed by atoms with Gasteiger partial charge in [0, 0.05) is 11.0 Å². The van der Waals surface area contributed by atoms with Crippen LogP contribution in [0.5, 0.6) is 0 Å². The normalized spacial score (nSPS) is 15.6. The van der Waals surface area contributed by atoms with Crippen molar-refractivity contribution in [1.29, 1.82) is 0 Å². The van der Waals surface area contributed by atoms with Crippen molar-refractivity contribution in [2.45, 2.75) is 92.4 Å². The van der Waals surface area contributed by atoms with Crippen molar-refractivity contribution in [3.63, 3.8) is 0 Å². The quantitative estimate of drug-likeness (QED) is 0.121. The second-order valence-corrected chi connectivity index (χ2v) is 21.4. The molecule has 2 aliphatic heterocycles. The van der Waals surface area contributed by atoms with Crippen molar-refractivity contribution >= 4 is 62.3 Å². The summed E-state index contributed by atoms with van der Waals surface area (Å²) in [5.41, 5.74) is 15.9. The van der Waals surface area contributed by atoms with Crippen molar-refractivity contribution in [3.05, 3.63) is 160 Å². The van der Waals surface area contributed by atoms with Crippen LogP contribution in [0.25, 0.3) is 33.2 Å². The van der Waals surface area contributed by atoms with Gasteiger partial charge >= 0.3 is 245 Å². The van der Waals surface area contributed by atoms with Gasteiger partial charge in [-0.25, -0.2) is 4.98 Å². The number of rotatable bonds is 12. The number of amides is 1. The molecule has 0 aliphatic carbocycles. The molecule has 314 valence electrons. The Morgan fingerprint density at radius 2 is 1.26 bits per heavy atom. The summed E-state index contributed by atoms with van der Waals surface area (Å²) in [5, 5.41) is 4.21. The predicted octanol–water partition coefficient (Wildman–Crippen LogP) is 11.4. The maximum absolute atomic E-state index is 14.1. The molecule has 8 rings (SSSR count). The second-order valence-electron chi connectivity index (χ2n) is 17.4. The number of allylic oxidation sites excluding steroid dienone is 2. The molecule has 0 saturated carbocycles. The standard InChI is InChI=1S/C54H62N5OP/c1-9-43-37(5)49-34-52-44(10-2)36(4)48(56-52)33-50-38(6)45(54(58-50)39(7)47-31-35(3)46(55-47)32-51(43)57-49)27-28-53(60)59(8)29-20-30-61(40-21-14-11-15-22-40,41-23-16-12-17-24-41)42-25-18-13-19-26-42/h11-19,21-26,31-34,38,45,55-56,61H,9-10,20,27-30H2,1-8H3/t38-,45-/m0/s1. The van der Waals surface area contributed by atoms with E-state index in [2.05, 4.69) is 174 Å². The predicted molar refractivity (Wildman–Crippen MR) is 261 cm³/mol. The number of fused-ring (bicyclic) bond motifs is 8. The molecule has 3 aromatic heterocycles. The summed E-state index contributed by atoms with van der Waals surface area (Å²) < 4.78 is 0. The summed E-state index contributed by atoms with van der Waals surface area (Å²) in [6.45, 7) is 16.2.